The lowest BCUT2D eigenvalue weighted by atomic mass is 10.1. The minimum Gasteiger partial charge on any atom is -0.395 e. The van der Waals surface area contributed by atoms with Crippen LogP contribution in [-0.4, -0.2) is 33.7 Å². The molecule has 0 atom stereocenters. The molecular formula is C13H20N4O. The van der Waals surface area contributed by atoms with E-state index in [2.05, 4.69) is 11.2 Å². The van der Waals surface area contributed by atoms with Gasteiger partial charge in [0.05, 0.1) is 11.4 Å². The van der Waals surface area contributed by atoms with Gasteiger partial charge in [-0.1, -0.05) is 11.6 Å². The average Bonchev–Trinajstić information content (AvgIpc) is 2.64. The fourth-order valence-corrected chi connectivity index (χ4v) is 2.28. The van der Waals surface area contributed by atoms with Crippen LogP contribution in [-0.2, 0) is 6.54 Å². The molecule has 2 N–H and O–H groups in total. The number of nitrogens with two attached hydrogens (primary N) is 1. The van der Waals surface area contributed by atoms with Gasteiger partial charge in [0, 0.05) is 19.6 Å². The average molecular weight is 248 g/mol. The van der Waals surface area contributed by atoms with Gasteiger partial charge in [0.15, 0.2) is 0 Å². The Kier molecular flexibility index (Phi) is 3.41. The Morgan fingerprint density at radius 2 is 2.22 bits per heavy atom. The fraction of sp³-hybridized carbons (Fsp3) is 0.538. The maximum Gasteiger partial charge on any atom is 0.274 e. The summed E-state index contributed by atoms with van der Waals surface area (Å²) in [5.41, 5.74) is 8.97. The van der Waals surface area contributed by atoms with Gasteiger partial charge in [-0.25, -0.2) is 0 Å². The van der Waals surface area contributed by atoms with Crippen LogP contribution in [0.2, 0.25) is 0 Å². The van der Waals surface area contributed by atoms with E-state index in [4.69, 9.17) is 5.73 Å². The summed E-state index contributed by atoms with van der Waals surface area (Å²) >= 11 is 0. The van der Waals surface area contributed by atoms with Gasteiger partial charge in [0.2, 0.25) is 0 Å². The Morgan fingerprint density at radius 3 is 2.83 bits per heavy atom. The van der Waals surface area contributed by atoms with Crippen molar-refractivity contribution in [3.8, 4) is 0 Å². The number of hydrogen-bond donors (Lipinski definition) is 1. The Labute approximate surface area is 107 Å². The molecule has 0 saturated carbocycles. The number of carbonyl (C=O) groups excluding carboxylic acids is 1. The first kappa shape index (κ1) is 12.7. The van der Waals surface area contributed by atoms with Crippen molar-refractivity contribution in [2.45, 2.75) is 33.7 Å². The normalized spacial score (nSPS) is 15.7. The molecule has 0 spiro atoms. The van der Waals surface area contributed by atoms with Gasteiger partial charge in [-0.15, -0.1) is 0 Å². The van der Waals surface area contributed by atoms with Crippen LogP contribution in [0.1, 0.15) is 36.5 Å². The third-order valence-corrected chi connectivity index (χ3v) is 3.30. The quantitative estimate of drug-likeness (QED) is 0.808. The molecule has 0 aliphatic carbocycles. The SMILES string of the molecule is CCn1nc(C)c(N)c1C(=O)N1CCC=C(C)C1. The zero-order valence-corrected chi connectivity index (χ0v) is 11.2. The van der Waals surface area contributed by atoms with E-state index in [9.17, 15) is 4.79 Å². The topological polar surface area (TPSA) is 64.2 Å². The molecule has 1 aromatic rings. The summed E-state index contributed by atoms with van der Waals surface area (Å²) in [6, 6.07) is 0. The highest BCUT2D eigenvalue weighted by atomic mass is 16.2. The van der Waals surface area contributed by atoms with Gasteiger partial charge in [0.1, 0.15) is 5.69 Å². The third-order valence-electron chi connectivity index (χ3n) is 3.30. The first-order valence-electron chi connectivity index (χ1n) is 6.32. The van der Waals surface area contributed by atoms with E-state index in [1.54, 1.807) is 4.68 Å². The number of aromatic nitrogens is 2. The number of aryl methyl sites for hydroxylation is 2. The third kappa shape index (κ3) is 2.12. The van der Waals surface area contributed by atoms with Gasteiger partial charge >= 0.3 is 0 Å². The number of amides is 1. The molecule has 1 aliphatic heterocycles. The number of carbonyl (C=O) groups is 1. The lowest BCUT2D eigenvalue weighted by Crippen LogP contribution is -2.37. The number of rotatable bonds is 2. The molecule has 1 amide bonds. The highest BCUT2D eigenvalue weighted by Gasteiger charge is 2.25. The summed E-state index contributed by atoms with van der Waals surface area (Å²) in [7, 11) is 0. The number of nitrogen functional groups attached to an aromatic ring is 1. The van der Waals surface area contributed by atoms with Crippen LogP contribution in [0.4, 0.5) is 5.69 Å². The van der Waals surface area contributed by atoms with E-state index < -0.39 is 0 Å². The fourth-order valence-electron chi connectivity index (χ4n) is 2.28. The second-order valence-corrected chi connectivity index (χ2v) is 4.73. The van der Waals surface area contributed by atoms with Crippen LogP contribution in [0.15, 0.2) is 11.6 Å². The van der Waals surface area contributed by atoms with E-state index in [0.717, 1.165) is 18.7 Å². The maximum atomic E-state index is 12.5. The van der Waals surface area contributed by atoms with Crippen LogP contribution in [0.5, 0.6) is 0 Å². The van der Waals surface area contributed by atoms with Gasteiger partial charge in [-0.3, -0.25) is 9.48 Å². The lowest BCUT2D eigenvalue weighted by Gasteiger charge is -2.26. The summed E-state index contributed by atoms with van der Waals surface area (Å²) in [6.07, 6.45) is 3.09. The molecule has 0 radical (unpaired) electrons. The van der Waals surface area contributed by atoms with Crippen LogP contribution in [0, 0.1) is 6.92 Å². The smallest absolute Gasteiger partial charge is 0.274 e. The number of nitrogens with zero attached hydrogens (tertiary/aromatic N) is 3. The molecule has 0 saturated heterocycles. The predicted octanol–water partition coefficient (Wildman–Crippen LogP) is 1.59. The highest BCUT2D eigenvalue weighted by Crippen LogP contribution is 2.20. The Balaban J connectivity index is 2.31. The molecule has 18 heavy (non-hydrogen) atoms. The van der Waals surface area contributed by atoms with E-state index in [0.29, 0.717) is 24.5 Å². The summed E-state index contributed by atoms with van der Waals surface area (Å²) in [6.45, 7) is 7.94. The number of anilines is 1. The van der Waals surface area contributed by atoms with Crippen molar-refractivity contribution in [3.63, 3.8) is 0 Å². The zero-order chi connectivity index (χ0) is 13.3. The van der Waals surface area contributed by atoms with Crippen LogP contribution in [0.25, 0.3) is 0 Å². The molecule has 5 nitrogen and oxygen atoms in total. The molecule has 0 aromatic carbocycles. The molecule has 98 valence electrons. The van der Waals surface area contributed by atoms with E-state index in [-0.39, 0.29) is 5.91 Å². The van der Waals surface area contributed by atoms with Gasteiger partial charge in [-0.05, 0) is 27.2 Å². The minimum absolute atomic E-state index is 0.0117. The monoisotopic (exact) mass is 248 g/mol. The maximum absolute atomic E-state index is 12.5. The van der Waals surface area contributed by atoms with Crippen LogP contribution < -0.4 is 5.73 Å². The molecule has 2 rings (SSSR count). The van der Waals surface area contributed by atoms with Crippen molar-refractivity contribution in [2.75, 3.05) is 18.8 Å². The van der Waals surface area contributed by atoms with Gasteiger partial charge in [0.25, 0.3) is 5.91 Å². The van der Waals surface area contributed by atoms with Crippen molar-refractivity contribution >= 4 is 11.6 Å². The molecule has 0 fully saturated rings. The molecule has 1 aliphatic rings. The summed E-state index contributed by atoms with van der Waals surface area (Å²) in [5, 5.41) is 4.29. The summed E-state index contributed by atoms with van der Waals surface area (Å²) < 4.78 is 1.70. The Bertz CT molecular complexity index is 501. The second kappa shape index (κ2) is 4.84. The molecule has 5 heteroatoms. The first-order chi connectivity index (χ1) is 8.54. The van der Waals surface area contributed by atoms with E-state index >= 15 is 0 Å². The number of hydrogen-bond acceptors (Lipinski definition) is 3. The standard InChI is InChI=1S/C13H20N4O/c1-4-17-12(11(14)10(3)15-17)13(18)16-7-5-6-9(2)8-16/h6H,4-5,7-8,14H2,1-3H3. The van der Waals surface area contributed by atoms with Crippen LogP contribution in [0.3, 0.4) is 0 Å². The predicted molar refractivity (Wildman–Crippen MR) is 71.3 cm³/mol. The lowest BCUT2D eigenvalue weighted by molar-refractivity contribution is 0.0754. The Morgan fingerprint density at radius 1 is 1.50 bits per heavy atom. The minimum atomic E-state index is -0.0117. The molecule has 2 heterocycles. The molecule has 1 aromatic heterocycles. The molecular weight excluding hydrogens is 228 g/mol. The zero-order valence-electron chi connectivity index (χ0n) is 11.2. The van der Waals surface area contributed by atoms with Crippen molar-refractivity contribution < 1.29 is 4.79 Å². The summed E-state index contributed by atoms with van der Waals surface area (Å²) in [5.74, 6) is -0.0117. The summed E-state index contributed by atoms with van der Waals surface area (Å²) in [4.78, 5) is 14.4. The van der Waals surface area contributed by atoms with Gasteiger partial charge < -0.3 is 10.6 Å². The molecule has 0 unspecified atom stereocenters. The van der Waals surface area contributed by atoms with Crippen molar-refractivity contribution in [3.05, 3.63) is 23.0 Å². The van der Waals surface area contributed by atoms with Crippen molar-refractivity contribution in [1.82, 2.24) is 14.7 Å². The molecule has 0 bridgehead atoms. The highest BCUT2D eigenvalue weighted by molar-refractivity contribution is 5.98. The van der Waals surface area contributed by atoms with E-state index in [1.807, 2.05) is 25.7 Å². The second-order valence-electron chi connectivity index (χ2n) is 4.73. The van der Waals surface area contributed by atoms with Crippen molar-refractivity contribution in [1.29, 1.82) is 0 Å². The van der Waals surface area contributed by atoms with Gasteiger partial charge in [-0.2, -0.15) is 5.10 Å². The Hall–Kier alpha value is -1.78. The largest absolute Gasteiger partial charge is 0.395 e. The first-order valence-corrected chi connectivity index (χ1v) is 6.32. The van der Waals surface area contributed by atoms with E-state index in [1.165, 1.54) is 5.57 Å². The van der Waals surface area contributed by atoms with Crippen molar-refractivity contribution in [2.24, 2.45) is 0 Å². The van der Waals surface area contributed by atoms with Crippen LogP contribution >= 0.6 is 0 Å².